The first-order valence-corrected chi connectivity index (χ1v) is 6.23. The van der Waals surface area contributed by atoms with Crippen LogP contribution in [0.2, 0.25) is 5.02 Å². The molecule has 1 fully saturated rings. The van der Waals surface area contributed by atoms with Crippen molar-refractivity contribution >= 4 is 24.0 Å². The molecule has 0 spiro atoms. The number of piperidine rings is 1. The summed E-state index contributed by atoms with van der Waals surface area (Å²) in [6.45, 7) is 5.06. The molecular formula is C13H19Cl2NO. The molecule has 0 bridgehead atoms. The Balaban J connectivity index is 0.00000144. The first kappa shape index (κ1) is 14.6. The van der Waals surface area contributed by atoms with E-state index in [-0.39, 0.29) is 12.4 Å². The van der Waals surface area contributed by atoms with Crippen LogP contribution in [0.4, 0.5) is 0 Å². The van der Waals surface area contributed by atoms with E-state index in [0.717, 1.165) is 36.0 Å². The molecule has 2 rings (SSSR count). The minimum absolute atomic E-state index is 0. The topological polar surface area (TPSA) is 21.3 Å². The van der Waals surface area contributed by atoms with Gasteiger partial charge in [-0.25, -0.2) is 0 Å². The maximum Gasteiger partial charge on any atom is 0.119 e. The van der Waals surface area contributed by atoms with Crippen molar-refractivity contribution in [2.45, 2.75) is 19.8 Å². The Labute approximate surface area is 114 Å². The van der Waals surface area contributed by atoms with E-state index in [1.54, 1.807) is 0 Å². The second-order valence-electron chi connectivity index (χ2n) is 4.42. The molecule has 1 saturated heterocycles. The summed E-state index contributed by atoms with van der Waals surface area (Å²) in [6, 6.07) is 5.84. The third-order valence-electron chi connectivity index (χ3n) is 3.07. The normalized spacial score (nSPS) is 16.4. The Bertz CT molecular complexity index is 351. The molecule has 1 N–H and O–H groups in total. The highest BCUT2D eigenvalue weighted by molar-refractivity contribution is 6.31. The largest absolute Gasteiger partial charge is 0.493 e. The molecule has 96 valence electrons. The molecule has 1 aliphatic heterocycles. The van der Waals surface area contributed by atoms with Gasteiger partial charge in [-0.05, 0) is 62.5 Å². The minimum Gasteiger partial charge on any atom is -0.493 e. The van der Waals surface area contributed by atoms with Gasteiger partial charge in [0.2, 0.25) is 0 Å². The average molecular weight is 276 g/mol. The van der Waals surface area contributed by atoms with Crippen LogP contribution in [0.1, 0.15) is 18.4 Å². The molecule has 0 atom stereocenters. The van der Waals surface area contributed by atoms with E-state index in [1.165, 1.54) is 12.8 Å². The van der Waals surface area contributed by atoms with Crippen LogP contribution >= 0.6 is 24.0 Å². The lowest BCUT2D eigenvalue weighted by Crippen LogP contribution is -2.30. The Morgan fingerprint density at radius 1 is 1.35 bits per heavy atom. The van der Waals surface area contributed by atoms with Crippen molar-refractivity contribution in [3.8, 4) is 5.75 Å². The summed E-state index contributed by atoms with van der Waals surface area (Å²) < 4.78 is 5.79. The molecule has 1 aliphatic rings. The highest BCUT2D eigenvalue weighted by Gasteiger charge is 2.13. The van der Waals surface area contributed by atoms with Crippen molar-refractivity contribution in [3.05, 3.63) is 28.8 Å². The smallest absolute Gasteiger partial charge is 0.119 e. The van der Waals surface area contributed by atoms with Gasteiger partial charge in [-0.1, -0.05) is 11.6 Å². The number of halogens is 2. The summed E-state index contributed by atoms with van der Waals surface area (Å²) in [5, 5.41) is 4.16. The zero-order chi connectivity index (χ0) is 11.4. The number of hydrogen-bond acceptors (Lipinski definition) is 2. The number of aryl methyl sites for hydroxylation is 1. The third-order valence-corrected chi connectivity index (χ3v) is 3.50. The van der Waals surface area contributed by atoms with Gasteiger partial charge in [0.05, 0.1) is 6.61 Å². The summed E-state index contributed by atoms with van der Waals surface area (Å²) >= 11 is 5.97. The predicted molar refractivity (Wildman–Crippen MR) is 74.5 cm³/mol. The van der Waals surface area contributed by atoms with Crippen LogP contribution in [0.3, 0.4) is 0 Å². The Morgan fingerprint density at radius 3 is 2.71 bits per heavy atom. The van der Waals surface area contributed by atoms with Crippen molar-refractivity contribution in [2.75, 3.05) is 19.7 Å². The summed E-state index contributed by atoms with van der Waals surface area (Å²) in [5.74, 6) is 1.62. The number of benzene rings is 1. The van der Waals surface area contributed by atoms with Gasteiger partial charge in [0, 0.05) is 5.02 Å². The van der Waals surface area contributed by atoms with E-state index in [4.69, 9.17) is 16.3 Å². The van der Waals surface area contributed by atoms with E-state index in [9.17, 15) is 0 Å². The number of hydrogen-bond donors (Lipinski definition) is 1. The molecule has 0 aromatic heterocycles. The number of nitrogens with one attached hydrogen (secondary N) is 1. The number of ether oxygens (including phenoxy) is 1. The van der Waals surface area contributed by atoms with Gasteiger partial charge in [0.15, 0.2) is 0 Å². The fourth-order valence-electron chi connectivity index (χ4n) is 1.97. The molecule has 0 amide bonds. The van der Waals surface area contributed by atoms with Crippen molar-refractivity contribution in [3.63, 3.8) is 0 Å². The van der Waals surface area contributed by atoms with Crippen molar-refractivity contribution in [1.82, 2.24) is 5.32 Å². The molecule has 4 heteroatoms. The molecular weight excluding hydrogens is 257 g/mol. The fraction of sp³-hybridized carbons (Fsp3) is 0.538. The van der Waals surface area contributed by atoms with Gasteiger partial charge in [0.1, 0.15) is 5.75 Å². The SMILES string of the molecule is Cc1cc(OCC2CCNCC2)ccc1Cl.Cl. The van der Waals surface area contributed by atoms with Gasteiger partial charge in [-0.2, -0.15) is 0 Å². The van der Waals surface area contributed by atoms with Crippen LogP contribution in [0.15, 0.2) is 18.2 Å². The van der Waals surface area contributed by atoms with Crippen LogP contribution in [-0.4, -0.2) is 19.7 Å². The Hall–Kier alpha value is -0.440. The molecule has 2 nitrogen and oxygen atoms in total. The summed E-state index contributed by atoms with van der Waals surface area (Å²) in [6.07, 6.45) is 2.43. The molecule has 0 radical (unpaired) electrons. The van der Waals surface area contributed by atoms with Crippen LogP contribution < -0.4 is 10.1 Å². The Kier molecular flexibility index (Phi) is 6.10. The van der Waals surface area contributed by atoms with Gasteiger partial charge < -0.3 is 10.1 Å². The lowest BCUT2D eigenvalue weighted by Gasteiger charge is -2.22. The maximum atomic E-state index is 5.97. The first-order valence-electron chi connectivity index (χ1n) is 5.85. The lowest BCUT2D eigenvalue weighted by atomic mass is 9.99. The monoisotopic (exact) mass is 275 g/mol. The molecule has 0 saturated carbocycles. The highest BCUT2D eigenvalue weighted by atomic mass is 35.5. The second kappa shape index (κ2) is 7.10. The first-order chi connectivity index (χ1) is 7.75. The van der Waals surface area contributed by atoms with Crippen LogP contribution in [0.25, 0.3) is 0 Å². The third kappa shape index (κ3) is 4.38. The van der Waals surface area contributed by atoms with Gasteiger partial charge in [-0.3, -0.25) is 0 Å². The zero-order valence-corrected chi connectivity index (χ0v) is 11.6. The van der Waals surface area contributed by atoms with Crippen LogP contribution in [0.5, 0.6) is 5.75 Å². The van der Waals surface area contributed by atoms with Crippen molar-refractivity contribution < 1.29 is 4.74 Å². The number of rotatable bonds is 3. The summed E-state index contributed by atoms with van der Waals surface area (Å²) in [5.41, 5.74) is 1.07. The maximum absolute atomic E-state index is 5.97. The van der Waals surface area contributed by atoms with E-state index in [1.807, 2.05) is 25.1 Å². The predicted octanol–water partition coefficient (Wildman–Crippen LogP) is 3.45. The molecule has 1 aromatic carbocycles. The van der Waals surface area contributed by atoms with Crippen molar-refractivity contribution in [2.24, 2.45) is 5.92 Å². The van der Waals surface area contributed by atoms with Gasteiger partial charge >= 0.3 is 0 Å². The van der Waals surface area contributed by atoms with Crippen molar-refractivity contribution in [1.29, 1.82) is 0 Å². The van der Waals surface area contributed by atoms with Gasteiger partial charge in [-0.15, -0.1) is 12.4 Å². The lowest BCUT2D eigenvalue weighted by molar-refractivity contribution is 0.215. The van der Waals surface area contributed by atoms with Crippen LogP contribution in [-0.2, 0) is 0 Å². The molecule has 0 unspecified atom stereocenters. The van der Waals surface area contributed by atoms with E-state index in [0.29, 0.717) is 5.92 Å². The van der Waals surface area contributed by atoms with Crippen LogP contribution in [0, 0.1) is 12.8 Å². The molecule has 1 heterocycles. The molecule has 1 aromatic rings. The second-order valence-corrected chi connectivity index (χ2v) is 4.82. The van der Waals surface area contributed by atoms with Gasteiger partial charge in [0.25, 0.3) is 0 Å². The molecule has 0 aliphatic carbocycles. The highest BCUT2D eigenvalue weighted by Crippen LogP contribution is 2.22. The fourth-order valence-corrected chi connectivity index (χ4v) is 2.09. The van der Waals surface area contributed by atoms with E-state index >= 15 is 0 Å². The minimum atomic E-state index is 0. The van der Waals surface area contributed by atoms with E-state index < -0.39 is 0 Å². The standard InChI is InChI=1S/C13H18ClNO.ClH/c1-10-8-12(2-3-13(10)14)16-9-11-4-6-15-7-5-11;/h2-3,8,11,15H,4-7,9H2,1H3;1H. The van der Waals surface area contributed by atoms with E-state index in [2.05, 4.69) is 5.32 Å². The Morgan fingerprint density at radius 2 is 2.06 bits per heavy atom. The average Bonchev–Trinajstić information content (AvgIpc) is 2.32. The molecule has 17 heavy (non-hydrogen) atoms. The summed E-state index contributed by atoms with van der Waals surface area (Å²) in [4.78, 5) is 0. The zero-order valence-electron chi connectivity index (χ0n) is 10.0. The quantitative estimate of drug-likeness (QED) is 0.913. The summed E-state index contributed by atoms with van der Waals surface area (Å²) in [7, 11) is 0.